The van der Waals surface area contributed by atoms with Crippen molar-refractivity contribution in [3.8, 4) is 12.3 Å². The summed E-state index contributed by atoms with van der Waals surface area (Å²) in [5.74, 6) is 2.56. The van der Waals surface area contributed by atoms with Gasteiger partial charge in [-0.15, -0.1) is 6.42 Å². The monoisotopic (exact) mass is 158 g/mol. The van der Waals surface area contributed by atoms with Gasteiger partial charge in [0.25, 0.3) is 0 Å². The molecule has 0 bridgehead atoms. The Morgan fingerprint density at radius 1 is 1.60 bits per heavy atom. The van der Waals surface area contributed by atoms with Gasteiger partial charge in [0.2, 0.25) is 0 Å². The predicted octanol–water partition coefficient (Wildman–Crippen LogP) is 1.76. The molecule has 0 aromatic rings. The Balaban J connectivity index is 2.51. The van der Waals surface area contributed by atoms with Crippen LogP contribution in [0.25, 0.3) is 0 Å². The molecule has 1 saturated heterocycles. The second-order valence-corrected chi connectivity index (χ2v) is 3.49. The van der Waals surface area contributed by atoms with Crippen molar-refractivity contribution < 1.29 is 9.05 Å². The molecule has 0 spiro atoms. The molecule has 1 aliphatic heterocycles. The van der Waals surface area contributed by atoms with Crippen molar-refractivity contribution in [2.75, 3.05) is 6.66 Å². The zero-order valence-corrected chi connectivity index (χ0v) is 7.10. The Morgan fingerprint density at radius 2 is 2.30 bits per heavy atom. The van der Waals surface area contributed by atoms with Gasteiger partial charge in [0, 0.05) is 6.66 Å². The Morgan fingerprint density at radius 3 is 2.70 bits per heavy atom. The molecule has 56 valence electrons. The summed E-state index contributed by atoms with van der Waals surface area (Å²) in [4.78, 5) is 0. The normalized spacial score (nSPS) is 39.5. The average Bonchev–Trinajstić information content (AvgIpc) is 2.30. The number of hydrogen-bond donors (Lipinski definition) is 0. The minimum absolute atomic E-state index is 0.110. The molecule has 0 amide bonds. The molecular formula is C7H11O2P. The van der Waals surface area contributed by atoms with Crippen molar-refractivity contribution >= 4 is 8.38 Å². The lowest BCUT2D eigenvalue weighted by Gasteiger charge is -2.06. The van der Waals surface area contributed by atoms with Crippen molar-refractivity contribution in [3.05, 3.63) is 0 Å². The first-order chi connectivity index (χ1) is 4.77. The maximum atomic E-state index is 5.41. The zero-order valence-electron chi connectivity index (χ0n) is 6.20. The summed E-state index contributed by atoms with van der Waals surface area (Å²) in [6.07, 6.45) is 6.17. The van der Waals surface area contributed by atoms with E-state index in [0.717, 1.165) is 6.42 Å². The predicted molar refractivity (Wildman–Crippen MR) is 41.7 cm³/mol. The van der Waals surface area contributed by atoms with E-state index < -0.39 is 8.38 Å². The maximum absolute atomic E-state index is 5.41. The van der Waals surface area contributed by atoms with Crippen molar-refractivity contribution in [1.29, 1.82) is 0 Å². The maximum Gasteiger partial charge on any atom is 0.168 e. The first kappa shape index (κ1) is 8.01. The van der Waals surface area contributed by atoms with Gasteiger partial charge >= 0.3 is 0 Å². The quantitative estimate of drug-likeness (QED) is 0.427. The zero-order chi connectivity index (χ0) is 7.56. The summed E-state index contributed by atoms with van der Waals surface area (Å²) >= 11 is 0. The SMILES string of the molecule is C#CC1OP(C)OC1CC. The van der Waals surface area contributed by atoms with Gasteiger partial charge in [-0.05, 0) is 6.42 Å². The fraction of sp³-hybridized carbons (Fsp3) is 0.714. The topological polar surface area (TPSA) is 18.5 Å². The molecule has 1 aliphatic rings. The summed E-state index contributed by atoms with van der Waals surface area (Å²) in [6, 6.07) is 0. The Labute approximate surface area is 62.8 Å². The number of terminal acetylenes is 1. The smallest absolute Gasteiger partial charge is 0.168 e. The number of rotatable bonds is 1. The molecule has 1 fully saturated rings. The van der Waals surface area contributed by atoms with Crippen LogP contribution in [0, 0.1) is 12.3 Å². The minimum atomic E-state index is -0.698. The van der Waals surface area contributed by atoms with E-state index in [-0.39, 0.29) is 12.2 Å². The molecule has 0 saturated carbocycles. The Bertz CT molecular complexity index is 152. The van der Waals surface area contributed by atoms with E-state index in [1.807, 2.05) is 13.6 Å². The van der Waals surface area contributed by atoms with Crippen molar-refractivity contribution in [1.82, 2.24) is 0 Å². The highest BCUT2D eigenvalue weighted by Crippen LogP contribution is 2.45. The fourth-order valence-electron chi connectivity index (χ4n) is 0.925. The Kier molecular flexibility index (Phi) is 2.68. The number of hydrogen-bond acceptors (Lipinski definition) is 2. The van der Waals surface area contributed by atoms with Crippen LogP contribution >= 0.6 is 8.38 Å². The first-order valence-corrected chi connectivity index (χ1v) is 4.93. The summed E-state index contributed by atoms with van der Waals surface area (Å²) in [5.41, 5.74) is 0. The van der Waals surface area contributed by atoms with E-state index in [0.29, 0.717) is 0 Å². The van der Waals surface area contributed by atoms with E-state index in [1.54, 1.807) is 0 Å². The molecule has 0 aromatic heterocycles. The molecule has 0 N–H and O–H groups in total. The summed E-state index contributed by atoms with van der Waals surface area (Å²) in [5, 5.41) is 0. The van der Waals surface area contributed by atoms with Crippen LogP contribution in [-0.4, -0.2) is 18.9 Å². The third-order valence-electron chi connectivity index (χ3n) is 1.45. The molecule has 3 atom stereocenters. The van der Waals surface area contributed by atoms with Crippen molar-refractivity contribution in [3.63, 3.8) is 0 Å². The lowest BCUT2D eigenvalue weighted by molar-refractivity contribution is 0.194. The molecule has 3 unspecified atom stereocenters. The van der Waals surface area contributed by atoms with Crippen LogP contribution in [0.15, 0.2) is 0 Å². The largest absolute Gasteiger partial charge is 0.327 e. The van der Waals surface area contributed by atoms with Gasteiger partial charge in [-0.3, -0.25) is 0 Å². The summed E-state index contributed by atoms with van der Waals surface area (Å²) in [7, 11) is -0.698. The molecule has 1 rings (SSSR count). The van der Waals surface area contributed by atoms with E-state index in [9.17, 15) is 0 Å². The van der Waals surface area contributed by atoms with Crippen LogP contribution in [0.3, 0.4) is 0 Å². The van der Waals surface area contributed by atoms with Crippen LogP contribution in [-0.2, 0) is 9.05 Å². The lowest BCUT2D eigenvalue weighted by atomic mass is 10.2. The van der Waals surface area contributed by atoms with Crippen LogP contribution in [0.2, 0.25) is 0 Å². The molecule has 0 radical (unpaired) electrons. The molecule has 0 aliphatic carbocycles. The molecule has 2 nitrogen and oxygen atoms in total. The molecular weight excluding hydrogens is 147 g/mol. The molecule has 3 heteroatoms. The summed E-state index contributed by atoms with van der Waals surface area (Å²) in [6.45, 7) is 3.97. The molecule has 10 heavy (non-hydrogen) atoms. The van der Waals surface area contributed by atoms with Crippen molar-refractivity contribution in [2.45, 2.75) is 25.6 Å². The van der Waals surface area contributed by atoms with Gasteiger partial charge < -0.3 is 9.05 Å². The Hall–Kier alpha value is -0.0900. The van der Waals surface area contributed by atoms with Crippen LogP contribution in [0.1, 0.15) is 13.3 Å². The minimum Gasteiger partial charge on any atom is -0.327 e. The van der Waals surface area contributed by atoms with E-state index >= 15 is 0 Å². The standard InChI is InChI=1S/C7H11O2P/c1-4-6-7(5-2)9-10(3)8-6/h1,6-7H,5H2,2-3H3. The lowest BCUT2D eigenvalue weighted by Crippen LogP contribution is -2.19. The van der Waals surface area contributed by atoms with Gasteiger partial charge in [-0.2, -0.15) is 0 Å². The fourth-order valence-corrected chi connectivity index (χ4v) is 2.13. The third-order valence-corrected chi connectivity index (χ3v) is 2.54. The van der Waals surface area contributed by atoms with Gasteiger partial charge in [0.05, 0.1) is 0 Å². The average molecular weight is 158 g/mol. The van der Waals surface area contributed by atoms with Gasteiger partial charge in [0.15, 0.2) is 14.5 Å². The second kappa shape index (κ2) is 3.34. The van der Waals surface area contributed by atoms with Crippen molar-refractivity contribution in [2.24, 2.45) is 0 Å². The molecule has 1 heterocycles. The highest BCUT2D eigenvalue weighted by molar-refractivity contribution is 7.46. The highest BCUT2D eigenvalue weighted by Gasteiger charge is 2.31. The van der Waals surface area contributed by atoms with Gasteiger partial charge in [-0.1, -0.05) is 12.8 Å². The van der Waals surface area contributed by atoms with E-state index in [1.165, 1.54) is 0 Å². The van der Waals surface area contributed by atoms with Gasteiger partial charge in [-0.25, -0.2) is 0 Å². The first-order valence-electron chi connectivity index (χ1n) is 3.31. The van der Waals surface area contributed by atoms with Gasteiger partial charge in [0.1, 0.15) is 6.10 Å². The van der Waals surface area contributed by atoms with Crippen LogP contribution < -0.4 is 0 Å². The third kappa shape index (κ3) is 1.49. The van der Waals surface area contributed by atoms with Crippen LogP contribution in [0.4, 0.5) is 0 Å². The second-order valence-electron chi connectivity index (χ2n) is 2.18. The summed E-state index contributed by atoms with van der Waals surface area (Å²) < 4.78 is 10.7. The van der Waals surface area contributed by atoms with E-state index in [2.05, 4.69) is 5.92 Å². The highest BCUT2D eigenvalue weighted by atomic mass is 31.2. The van der Waals surface area contributed by atoms with Crippen LogP contribution in [0.5, 0.6) is 0 Å². The molecule has 0 aromatic carbocycles. The van der Waals surface area contributed by atoms with E-state index in [4.69, 9.17) is 15.5 Å².